The first-order valence-electron chi connectivity index (χ1n) is 6.76. The normalized spacial score (nSPS) is 13.6. The maximum atomic E-state index is 11.5. The summed E-state index contributed by atoms with van der Waals surface area (Å²) in [6, 6.07) is 2.30. The summed E-state index contributed by atoms with van der Waals surface area (Å²) in [6.45, 7) is 8.10. The average Bonchev–Trinajstić information content (AvgIpc) is 2.83. The van der Waals surface area contributed by atoms with E-state index in [0.29, 0.717) is 25.3 Å². The first-order chi connectivity index (χ1) is 8.49. The molecular formula is C14H24N2O2. The molecular weight excluding hydrogens is 228 g/mol. The molecule has 0 saturated carbocycles. The van der Waals surface area contributed by atoms with Crippen LogP contribution < -0.4 is 0 Å². The molecule has 0 fully saturated rings. The molecule has 102 valence electrons. The Labute approximate surface area is 109 Å². The van der Waals surface area contributed by atoms with E-state index < -0.39 is 11.4 Å². The van der Waals surface area contributed by atoms with Crippen molar-refractivity contribution in [2.24, 2.45) is 5.41 Å². The van der Waals surface area contributed by atoms with Gasteiger partial charge in [-0.2, -0.15) is 5.10 Å². The largest absolute Gasteiger partial charge is 0.481 e. The minimum Gasteiger partial charge on any atom is -0.481 e. The van der Waals surface area contributed by atoms with E-state index in [9.17, 15) is 9.90 Å². The van der Waals surface area contributed by atoms with E-state index in [1.807, 2.05) is 30.8 Å². The lowest BCUT2D eigenvalue weighted by Gasteiger charge is -2.25. The van der Waals surface area contributed by atoms with Gasteiger partial charge in [-0.3, -0.25) is 9.48 Å². The topological polar surface area (TPSA) is 55.1 Å². The van der Waals surface area contributed by atoms with Crippen molar-refractivity contribution in [3.05, 3.63) is 18.0 Å². The van der Waals surface area contributed by atoms with Crippen LogP contribution in [-0.4, -0.2) is 20.9 Å². The molecule has 0 aromatic carbocycles. The quantitative estimate of drug-likeness (QED) is 0.810. The van der Waals surface area contributed by atoms with Crippen molar-refractivity contribution in [3.63, 3.8) is 0 Å². The lowest BCUT2D eigenvalue weighted by atomic mass is 9.78. The van der Waals surface area contributed by atoms with E-state index in [1.54, 1.807) is 0 Å². The molecule has 0 aliphatic carbocycles. The van der Waals surface area contributed by atoms with Crippen LogP contribution in [0.5, 0.6) is 0 Å². The van der Waals surface area contributed by atoms with Crippen molar-refractivity contribution in [2.45, 2.75) is 59.4 Å². The second kappa shape index (κ2) is 6.03. The molecule has 0 radical (unpaired) electrons. The first-order valence-corrected chi connectivity index (χ1v) is 6.76. The molecule has 4 nitrogen and oxygen atoms in total. The van der Waals surface area contributed by atoms with Crippen LogP contribution in [0.3, 0.4) is 0 Å². The summed E-state index contributed by atoms with van der Waals surface area (Å²) in [4.78, 5) is 11.5. The summed E-state index contributed by atoms with van der Waals surface area (Å²) < 4.78 is 1.92. The Bertz CT molecular complexity index is 394. The number of hydrogen-bond donors (Lipinski definition) is 1. The van der Waals surface area contributed by atoms with E-state index in [-0.39, 0.29) is 0 Å². The van der Waals surface area contributed by atoms with E-state index in [2.05, 4.69) is 18.9 Å². The molecule has 1 heterocycles. The Hall–Kier alpha value is -1.32. The van der Waals surface area contributed by atoms with E-state index in [0.717, 1.165) is 12.1 Å². The lowest BCUT2D eigenvalue weighted by Crippen LogP contribution is -2.32. The second-order valence-corrected chi connectivity index (χ2v) is 5.01. The number of carboxylic acids is 1. The molecule has 18 heavy (non-hydrogen) atoms. The van der Waals surface area contributed by atoms with Crippen LogP contribution in [0.25, 0.3) is 0 Å². The van der Waals surface area contributed by atoms with Gasteiger partial charge in [0.15, 0.2) is 0 Å². The summed E-state index contributed by atoms with van der Waals surface area (Å²) in [5, 5.41) is 13.9. The number of carbonyl (C=O) groups is 1. The third-order valence-corrected chi connectivity index (χ3v) is 4.03. The monoisotopic (exact) mass is 252 g/mol. The molecule has 1 aromatic rings. The maximum Gasteiger partial charge on any atom is 0.310 e. The zero-order valence-corrected chi connectivity index (χ0v) is 11.8. The fraction of sp³-hybridized carbons (Fsp3) is 0.714. The lowest BCUT2D eigenvalue weighted by molar-refractivity contribution is -0.149. The molecule has 1 atom stereocenters. The van der Waals surface area contributed by atoms with Gasteiger partial charge in [0.2, 0.25) is 0 Å². The van der Waals surface area contributed by atoms with Crippen LogP contribution in [0.2, 0.25) is 0 Å². The third-order valence-electron chi connectivity index (χ3n) is 4.03. The van der Waals surface area contributed by atoms with Crippen LogP contribution in [0.15, 0.2) is 12.3 Å². The summed E-state index contributed by atoms with van der Waals surface area (Å²) in [5.74, 6) is -0.717. The van der Waals surface area contributed by atoms with Gasteiger partial charge < -0.3 is 5.11 Å². The third kappa shape index (κ3) is 2.92. The number of rotatable bonds is 7. The minimum atomic E-state index is -0.717. The van der Waals surface area contributed by atoms with Crippen LogP contribution in [0.4, 0.5) is 0 Å². The van der Waals surface area contributed by atoms with Crippen molar-refractivity contribution < 1.29 is 9.90 Å². The highest BCUT2D eigenvalue weighted by atomic mass is 16.4. The van der Waals surface area contributed by atoms with Gasteiger partial charge >= 0.3 is 5.97 Å². The van der Waals surface area contributed by atoms with Crippen molar-refractivity contribution in [1.82, 2.24) is 9.78 Å². The molecule has 0 amide bonds. The number of hydrogen-bond acceptors (Lipinski definition) is 2. The Morgan fingerprint density at radius 2 is 2.06 bits per heavy atom. The fourth-order valence-corrected chi connectivity index (χ4v) is 2.13. The number of aliphatic carboxylic acids is 1. The highest BCUT2D eigenvalue weighted by Crippen LogP contribution is 2.31. The van der Waals surface area contributed by atoms with Crippen LogP contribution in [-0.2, 0) is 11.2 Å². The summed E-state index contributed by atoms with van der Waals surface area (Å²) in [7, 11) is 0. The molecule has 0 aliphatic heterocycles. The van der Waals surface area contributed by atoms with Crippen molar-refractivity contribution in [3.8, 4) is 0 Å². The summed E-state index contributed by atoms with van der Waals surface area (Å²) in [5.41, 5.74) is 0.204. The number of aromatic nitrogens is 2. The fourth-order valence-electron chi connectivity index (χ4n) is 2.13. The van der Waals surface area contributed by atoms with E-state index in [1.165, 1.54) is 0 Å². The predicted octanol–water partition coefficient (Wildman–Crippen LogP) is 3.29. The zero-order chi connectivity index (χ0) is 13.8. The van der Waals surface area contributed by atoms with Crippen LogP contribution >= 0.6 is 0 Å². The minimum absolute atomic E-state index is 0.362. The Balaban J connectivity index is 2.88. The van der Waals surface area contributed by atoms with Gasteiger partial charge in [-0.1, -0.05) is 20.8 Å². The maximum absolute atomic E-state index is 11.5. The first kappa shape index (κ1) is 14.7. The summed E-state index contributed by atoms with van der Waals surface area (Å²) >= 11 is 0. The summed E-state index contributed by atoms with van der Waals surface area (Å²) in [6.07, 6.45) is 4.75. The van der Waals surface area contributed by atoms with Crippen molar-refractivity contribution in [1.29, 1.82) is 0 Å². The van der Waals surface area contributed by atoms with Gasteiger partial charge in [-0.25, -0.2) is 0 Å². The van der Waals surface area contributed by atoms with Crippen LogP contribution in [0, 0.1) is 5.41 Å². The van der Waals surface area contributed by atoms with Gasteiger partial charge in [0.05, 0.1) is 11.1 Å². The van der Waals surface area contributed by atoms with E-state index in [4.69, 9.17) is 0 Å². The second-order valence-electron chi connectivity index (χ2n) is 5.01. The van der Waals surface area contributed by atoms with Gasteiger partial charge in [-0.15, -0.1) is 0 Å². The SMILES string of the molecule is CCC(C)n1ccc(CC(CC)(CC)C(=O)O)n1. The number of nitrogens with zero attached hydrogens (tertiary/aromatic N) is 2. The average molecular weight is 252 g/mol. The molecule has 0 aliphatic rings. The standard InChI is InChI=1S/C14H24N2O2/c1-5-11(4)16-9-8-12(15-16)10-14(6-2,7-3)13(17)18/h8-9,11H,5-7,10H2,1-4H3,(H,17,18). The van der Waals surface area contributed by atoms with Gasteiger partial charge in [-0.05, 0) is 32.3 Å². The highest BCUT2D eigenvalue weighted by Gasteiger charge is 2.35. The smallest absolute Gasteiger partial charge is 0.310 e. The highest BCUT2D eigenvalue weighted by molar-refractivity contribution is 5.74. The number of carboxylic acid groups (broad SMARTS) is 1. The molecule has 1 rings (SSSR count). The van der Waals surface area contributed by atoms with E-state index >= 15 is 0 Å². The zero-order valence-electron chi connectivity index (χ0n) is 11.8. The van der Waals surface area contributed by atoms with Crippen molar-refractivity contribution >= 4 is 5.97 Å². The molecule has 0 bridgehead atoms. The van der Waals surface area contributed by atoms with Crippen LogP contribution in [0.1, 0.15) is 58.7 Å². The molecule has 0 saturated heterocycles. The predicted molar refractivity (Wildman–Crippen MR) is 71.6 cm³/mol. The molecule has 4 heteroatoms. The Kier molecular flexibility index (Phi) is 4.93. The molecule has 1 unspecified atom stereocenters. The van der Waals surface area contributed by atoms with Gasteiger partial charge in [0.25, 0.3) is 0 Å². The van der Waals surface area contributed by atoms with Gasteiger partial charge in [0, 0.05) is 18.7 Å². The Morgan fingerprint density at radius 1 is 1.44 bits per heavy atom. The molecule has 1 N–H and O–H groups in total. The van der Waals surface area contributed by atoms with Gasteiger partial charge in [0.1, 0.15) is 0 Å². The molecule has 0 spiro atoms. The molecule has 1 aromatic heterocycles. The Morgan fingerprint density at radius 3 is 2.50 bits per heavy atom. The van der Waals surface area contributed by atoms with Crippen molar-refractivity contribution in [2.75, 3.05) is 0 Å².